The van der Waals surface area contributed by atoms with Crippen LogP contribution >= 0.6 is 0 Å². The number of carbonyl (C=O) groups excluding carboxylic acids is 2. The van der Waals surface area contributed by atoms with Gasteiger partial charge in [0.2, 0.25) is 5.91 Å². The van der Waals surface area contributed by atoms with Crippen molar-refractivity contribution >= 4 is 12.2 Å². The van der Waals surface area contributed by atoms with Gasteiger partial charge in [0.15, 0.2) is 0 Å². The van der Waals surface area contributed by atoms with Gasteiger partial charge in [-0.25, -0.2) is 0 Å². The van der Waals surface area contributed by atoms with Crippen LogP contribution in [0.5, 0.6) is 0 Å². The van der Waals surface area contributed by atoms with E-state index >= 15 is 0 Å². The maximum Gasteiger partial charge on any atom is 0.220 e. The van der Waals surface area contributed by atoms with Gasteiger partial charge in [-0.15, -0.1) is 0 Å². The maximum atomic E-state index is 11.6. The van der Waals surface area contributed by atoms with Gasteiger partial charge in [-0.05, 0) is 24.3 Å². The van der Waals surface area contributed by atoms with E-state index in [0.29, 0.717) is 18.8 Å². The normalized spacial score (nSPS) is 12.2. The predicted molar refractivity (Wildman–Crippen MR) is 72.2 cm³/mol. The average molecular weight is 247 g/mol. The predicted octanol–water partition coefficient (Wildman–Crippen LogP) is 2.35. The van der Waals surface area contributed by atoms with E-state index in [9.17, 15) is 9.59 Å². The van der Waals surface area contributed by atoms with Crippen molar-refractivity contribution in [2.24, 2.45) is 5.92 Å². The van der Waals surface area contributed by atoms with Crippen LogP contribution < -0.4 is 5.32 Å². The zero-order valence-corrected chi connectivity index (χ0v) is 11.1. The molecule has 0 aliphatic rings. The fourth-order valence-corrected chi connectivity index (χ4v) is 1.70. The molecule has 18 heavy (non-hydrogen) atoms. The van der Waals surface area contributed by atoms with E-state index in [-0.39, 0.29) is 5.91 Å². The quantitative estimate of drug-likeness (QED) is 0.752. The van der Waals surface area contributed by atoms with Crippen LogP contribution in [0.1, 0.15) is 32.3 Å². The van der Waals surface area contributed by atoms with E-state index < -0.39 is 6.04 Å². The summed E-state index contributed by atoms with van der Waals surface area (Å²) >= 11 is 0. The first-order valence-corrected chi connectivity index (χ1v) is 6.40. The molecule has 98 valence electrons. The Labute approximate surface area is 109 Å². The minimum Gasteiger partial charge on any atom is -0.346 e. The minimum absolute atomic E-state index is 0.0447. The highest BCUT2D eigenvalue weighted by molar-refractivity contribution is 5.79. The first kappa shape index (κ1) is 14.4. The molecule has 1 aromatic rings. The largest absolute Gasteiger partial charge is 0.346 e. The molecule has 0 radical (unpaired) electrons. The fourth-order valence-electron chi connectivity index (χ4n) is 1.70. The molecule has 0 aliphatic carbocycles. The van der Waals surface area contributed by atoms with E-state index in [0.717, 1.165) is 18.3 Å². The van der Waals surface area contributed by atoms with Gasteiger partial charge in [0.25, 0.3) is 0 Å². The summed E-state index contributed by atoms with van der Waals surface area (Å²) in [5.74, 6) is 0.455. The lowest BCUT2D eigenvalue weighted by Gasteiger charge is -2.13. The second-order valence-electron chi connectivity index (χ2n) is 4.93. The molecule has 1 aromatic carbocycles. The van der Waals surface area contributed by atoms with Gasteiger partial charge in [0.05, 0.1) is 6.04 Å². The zero-order chi connectivity index (χ0) is 13.4. The van der Waals surface area contributed by atoms with Gasteiger partial charge in [-0.1, -0.05) is 44.2 Å². The van der Waals surface area contributed by atoms with Crippen molar-refractivity contribution in [1.29, 1.82) is 0 Å². The van der Waals surface area contributed by atoms with Crippen molar-refractivity contribution in [2.75, 3.05) is 0 Å². The summed E-state index contributed by atoms with van der Waals surface area (Å²) in [4.78, 5) is 22.6. The first-order chi connectivity index (χ1) is 8.61. The van der Waals surface area contributed by atoms with Crippen molar-refractivity contribution in [3.8, 4) is 0 Å². The van der Waals surface area contributed by atoms with Crippen LogP contribution in [-0.4, -0.2) is 18.2 Å². The Balaban J connectivity index is 2.42. The molecular formula is C15H21NO2. The molecule has 1 N–H and O–H groups in total. The third kappa shape index (κ3) is 5.62. The van der Waals surface area contributed by atoms with Gasteiger partial charge in [0.1, 0.15) is 6.29 Å². The number of hydrogen-bond acceptors (Lipinski definition) is 2. The third-order valence-electron chi connectivity index (χ3n) is 2.76. The number of amides is 1. The lowest BCUT2D eigenvalue weighted by Crippen LogP contribution is -2.37. The molecule has 3 nitrogen and oxygen atoms in total. The number of hydrogen-bond donors (Lipinski definition) is 1. The van der Waals surface area contributed by atoms with E-state index in [1.807, 2.05) is 30.3 Å². The van der Waals surface area contributed by atoms with E-state index in [1.165, 1.54) is 0 Å². The van der Waals surface area contributed by atoms with Gasteiger partial charge in [0, 0.05) is 6.42 Å². The molecular weight excluding hydrogens is 226 g/mol. The highest BCUT2D eigenvalue weighted by atomic mass is 16.2. The molecule has 0 saturated heterocycles. The second-order valence-corrected chi connectivity index (χ2v) is 4.93. The summed E-state index contributed by atoms with van der Waals surface area (Å²) < 4.78 is 0. The Hall–Kier alpha value is -1.64. The number of carbonyl (C=O) groups is 2. The highest BCUT2D eigenvalue weighted by Crippen LogP contribution is 2.05. The summed E-state index contributed by atoms with van der Waals surface area (Å²) in [7, 11) is 0. The molecule has 0 aromatic heterocycles. The van der Waals surface area contributed by atoms with Crippen LogP contribution in [0.3, 0.4) is 0 Å². The minimum atomic E-state index is -0.424. The molecule has 3 heteroatoms. The Kier molecular flexibility index (Phi) is 6.12. The summed E-state index contributed by atoms with van der Waals surface area (Å²) in [6.07, 6.45) is 2.69. The SMILES string of the molecule is CC(C)CCC(=O)N[C@H](C=O)Cc1ccccc1. The average Bonchev–Trinajstić information content (AvgIpc) is 2.37. The number of rotatable bonds is 7. The molecule has 1 amide bonds. The van der Waals surface area contributed by atoms with Crippen LogP contribution in [-0.2, 0) is 16.0 Å². The van der Waals surface area contributed by atoms with Gasteiger partial charge < -0.3 is 10.1 Å². The Morgan fingerprint density at radius 3 is 2.50 bits per heavy atom. The van der Waals surface area contributed by atoms with E-state index in [1.54, 1.807) is 0 Å². The highest BCUT2D eigenvalue weighted by Gasteiger charge is 2.12. The van der Waals surface area contributed by atoms with Crippen molar-refractivity contribution in [1.82, 2.24) is 5.32 Å². The molecule has 0 saturated carbocycles. The van der Waals surface area contributed by atoms with Gasteiger partial charge in [-0.2, -0.15) is 0 Å². The molecule has 0 spiro atoms. The molecule has 1 rings (SSSR count). The zero-order valence-electron chi connectivity index (χ0n) is 11.1. The molecule has 0 heterocycles. The van der Waals surface area contributed by atoms with Crippen LogP contribution in [0.25, 0.3) is 0 Å². The number of aldehydes is 1. The number of benzene rings is 1. The van der Waals surface area contributed by atoms with E-state index in [4.69, 9.17) is 0 Å². The van der Waals surface area contributed by atoms with Crippen LogP contribution in [0.2, 0.25) is 0 Å². The summed E-state index contributed by atoms with van der Waals surface area (Å²) in [6, 6.07) is 9.27. The first-order valence-electron chi connectivity index (χ1n) is 6.40. The van der Waals surface area contributed by atoms with Crippen molar-refractivity contribution in [3.05, 3.63) is 35.9 Å². The van der Waals surface area contributed by atoms with Crippen molar-refractivity contribution in [3.63, 3.8) is 0 Å². The Morgan fingerprint density at radius 2 is 1.94 bits per heavy atom. The molecule has 0 aliphatic heterocycles. The summed E-state index contributed by atoms with van der Waals surface area (Å²) in [6.45, 7) is 4.16. The van der Waals surface area contributed by atoms with Gasteiger partial charge >= 0.3 is 0 Å². The molecule has 0 fully saturated rings. The molecule has 0 bridgehead atoms. The second kappa shape index (κ2) is 7.64. The standard InChI is InChI=1S/C15H21NO2/c1-12(2)8-9-15(18)16-14(11-17)10-13-6-4-3-5-7-13/h3-7,11-12,14H,8-10H2,1-2H3,(H,16,18)/t14-/m0/s1. The number of nitrogens with one attached hydrogen (secondary N) is 1. The smallest absolute Gasteiger partial charge is 0.220 e. The lowest BCUT2D eigenvalue weighted by molar-refractivity contribution is -0.124. The van der Waals surface area contributed by atoms with Crippen LogP contribution in [0, 0.1) is 5.92 Å². The molecule has 0 unspecified atom stereocenters. The topological polar surface area (TPSA) is 46.2 Å². The fraction of sp³-hybridized carbons (Fsp3) is 0.467. The van der Waals surface area contributed by atoms with Crippen LogP contribution in [0.15, 0.2) is 30.3 Å². The molecule has 1 atom stereocenters. The van der Waals surface area contributed by atoms with Crippen molar-refractivity contribution in [2.45, 2.75) is 39.2 Å². The van der Waals surface area contributed by atoms with E-state index in [2.05, 4.69) is 19.2 Å². The monoisotopic (exact) mass is 247 g/mol. The summed E-state index contributed by atoms with van der Waals surface area (Å²) in [5, 5.41) is 2.76. The Bertz CT molecular complexity index is 373. The van der Waals surface area contributed by atoms with Gasteiger partial charge in [-0.3, -0.25) is 4.79 Å². The van der Waals surface area contributed by atoms with Crippen molar-refractivity contribution < 1.29 is 9.59 Å². The third-order valence-corrected chi connectivity index (χ3v) is 2.76. The lowest BCUT2D eigenvalue weighted by atomic mass is 10.1. The summed E-state index contributed by atoms with van der Waals surface area (Å²) in [5.41, 5.74) is 1.05. The maximum absolute atomic E-state index is 11.6. The Morgan fingerprint density at radius 1 is 1.28 bits per heavy atom. The van der Waals surface area contributed by atoms with Crippen LogP contribution in [0.4, 0.5) is 0 Å².